The summed E-state index contributed by atoms with van der Waals surface area (Å²) in [7, 11) is 0. The largest absolute Gasteiger partial charge is 0.573 e. The number of rotatable bonds is 6. The van der Waals surface area contributed by atoms with E-state index < -0.39 is 17.8 Å². The first-order valence-electron chi connectivity index (χ1n) is 10.1. The summed E-state index contributed by atoms with van der Waals surface area (Å²) in [4.78, 5) is 23.7. The van der Waals surface area contributed by atoms with Gasteiger partial charge in [-0.15, -0.1) is 13.2 Å². The van der Waals surface area contributed by atoms with Gasteiger partial charge in [0, 0.05) is 16.6 Å². The minimum atomic E-state index is -4.86. The van der Waals surface area contributed by atoms with E-state index in [4.69, 9.17) is 0 Å². The van der Waals surface area contributed by atoms with Gasteiger partial charge >= 0.3 is 12.1 Å². The van der Waals surface area contributed by atoms with Gasteiger partial charge < -0.3 is 20.1 Å². The molecule has 0 bridgehead atoms. The van der Waals surface area contributed by atoms with Gasteiger partial charge in [0.05, 0.1) is 18.8 Å². The highest BCUT2D eigenvalue weighted by Crippen LogP contribution is 2.30. The quantitative estimate of drug-likeness (QED) is 0.461. The summed E-state index contributed by atoms with van der Waals surface area (Å²) in [5, 5.41) is 12.8. The van der Waals surface area contributed by atoms with Crippen molar-refractivity contribution in [2.45, 2.75) is 44.7 Å². The Bertz CT molecular complexity index is 1160. The Hall–Kier alpha value is -2.60. The number of hydrogen-bond donors (Lipinski definition) is 3. The van der Waals surface area contributed by atoms with Gasteiger partial charge in [-0.05, 0) is 49.8 Å². The monoisotopic (exact) mass is 515 g/mol. The molecule has 3 N–H and O–H groups in total. The molecule has 0 aliphatic heterocycles. The summed E-state index contributed by atoms with van der Waals surface area (Å²) in [6, 6.07) is 4.08. The van der Waals surface area contributed by atoms with E-state index in [1.54, 1.807) is 0 Å². The lowest BCUT2D eigenvalue weighted by Crippen LogP contribution is -2.24. The van der Waals surface area contributed by atoms with Gasteiger partial charge in [0.2, 0.25) is 5.95 Å². The summed E-state index contributed by atoms with van der Waals surface area (Å²) in [6.07, 6.45) is -0.315. The zero-order valence-electron chi connectivity index (χ0n) is 16.8. The van der Waals surface area contributed by atoms with Gasteiger partial charge in [-0.1, -0.05) is 15.9 Å². The molecule has 0 spiro atoms. The topological polar surface area (TPSA) is 105 Å². The Morgan fingerprint density at radius 1 is 1.28 bits per heavy atom. The van der Waals surface area contributed by atoms with Crippen LogP contribution >= 0.6 is 15.9 Å². The molecule has 1 fully saturated rings. The molecule has 0 unspecified atom stereocenters. The lowest BCUT2D eigenvalue weighted by molar-refractivity contribution is -0.274. The van der Waals surface area contributed by atoms with Crippen LogP contribution in [0.4, 0.5) is 19.1 Å². The predicted octanol–water partition coefficient (Wildman–Crippen LogP) is 3.79. The molecule has 0 amide bonds. The summed E-state index contributed by atoms with van der Waals surface area (Å²) >= 11 is 3.24. The van der Waals surface area contributed by atoms with Crippen molar-refractivity contribution in [2.24, 2.45) is 5.92 Å². The third-order valence-electron chi connectivity index (χ3n) is 5.45. The molecule has 32 heavy (non-hydrogen) atoms. The number of aromatic nitrogens is 4. The molecule has 12 heteroatoms. The van der Waals surface area contributed by atoms with E-state index in [1.807, 2.05) is 0 Å². The SMILES string of the molecule is O=c1[nH]c2cnc(NC[C@H]3CC[C@@H](O)CC3)nc2n1Cc1cc(Br)ccc1OC(F)(F)F. The number of aliphatic hydroxyl groups is 1. The van der Waals surface area contributed by atoms with Gasteiger partial charge in [-0.3, -0.25) is 4.57 Å². The predicted molar refractivity (Wildman–Crippen MR) is 115 cm³/mol. The number of anilines is 1. The van der Waals surface area contributed by atoms with E-state index in [9.17, 15) is 23.1 Å². The maximum Gasteiger partial charge on any atom is 0.573 e. The lowest BCUT2D eigenvalue weighted by atomic mass is 9.87. The Labute approximate surface area is 189 Å². The van der Waals surface area contributed by atoms with E-state index >= 15 is 0 Å². The minimum absolute atomic E-state index is 0.161. The van der Waals surface area contributed by atoms with Crippen molar-refractivity contribution >= 4 is 33.0 Å². The van der Waals surface area contributed by atoms with Crippen molar-refractivity contribution < 1.29 is 23.0 Å². The maximum atomic E-state index is 12.8. The third-order valence-corrected chi connectivity index (χ3v) is 5.95. The van der Waals surface area contributed by atoms with E-state index in [0.29, 0.717) is 28.4 Å². The van der Waals surface area contributed by atoms with Crippen LogP contribution in [0.1, 0.15) is 31.2 Å². The van der Waals surface area contributed by atoms with E-state index in [-0.39, 0.29) is 23.9 Å². The van der Waals surface area contributed by atoms with Gasteiger partial charge in [-0.25, -0.2) is 9.78 Å². The normalized spacial score (nSPS) is 19.3. The van der Waals surface area contributed by atoms with Crippen molar-refractivity contribution in [3.63, 3.8) is 0 Å². The molecule has 0 saturated heterocycles. The summed E-state index contributed by atoms with van der Waals surface area (Å²) in [6.45, 7) is 0.447. The number of hydrogen-bond acceptors (Lipinski definition) is 6. The van der Waals surface area contributed by atoms with Crippen LogP contribution in [-0.4, -0.2) is 43.6 Å². The highest BCUT2D eigenvalue weighted by Gasteiger charge is 2.32. The van der Waals surface area contributed by atoms with Gasteiger partial charge in [-0.2, -0.15) is 4.98 Å². The van der Waals surface area contributed by atoms with Crippen molar-refractivity contribution in [1.82, 2.24) is 19.5 Å². The molecule has 2 heterocycles. The number of aliphatic hydroxyl groups excluding tert-OH is 1. The fraction of sp³-hybridized carbons (Fsp3) is 0.450. The molecule has 1 aliphatic rings. The van der Waals surface area contributed by atoms with Crippen LogP contribution in [0.2, 0.25) is 0 Å². The molecule has 2 aromatic heterocycles. The fourth-order valence-corrected chi connectivity index (χ4v) is 4.24. The molecular weight excluding hydrogens is 495 g/mol. The fourth-order valence-electron chi connectivity index (χ4n) is 3.83. The molecule has 0 atom stereocenters. The molecule has 8 nitrogen and oxygen atoms in total. The summed E-state index contributed by atoms with van der Waals surface area (Å²) in [5.41, 5.74) is 0.276. The van der Waals surface area contributed by atoms with Crippen molar-refractivity contribution in [2.75, 3.05) is 11.9 Å². The first-order chi connectivity index (χ1) is 15.2. The lowest BCUT2D eigenvalue weighted by Gasteiger charge is -2.25. The van der Waals surface area contributed by atoms with Crippen LogP contribution in [0.5, 0.6) is 5.75 Å². The van der Waals surface area contributed by atoms with E-state index in [0.717, 1.165) is 25.7 Å². The molecule has 1 aliphatic carbocycles. The van der Waals surface area contributed by atoms with Gasteiger partial charge in [0.1, 0.15) is 11.3 Å². The van der Waals surface area contributed by atoms with Crippen LogP contribution < -0.4 is 15.7 Å². The minimum Gasteiger partial charge on any atom is -0.405 e. The zero-order chi connectivity index (χ0) is 22.9. The number of imidazole rings is 1. The standard InChI is InChI=1S/C20H21BrF3N5O3/c21-13-3-6-16(32-20(22,23)24)12(7-13)10-29-17-15(27-19(29)31)9-26-18(28-17)25-8-11-1-4-14(30)5-2-11/h3,6-7,9,11,14,30H,1-2,4-5,8,10H2,(H,27,31)(H,25,26,28)/t11-,14+. The van der Waals surface area contributed by atoms with Crippen LogP contribution in [0.25, 0.3) is 11.2 Å². The highest BCUT2D eigenvalue weighted by atomic mass is 79.9. The van der Waals surface area contributed by atoms with Crippen LogP contribution in [0.15, 0.2) is 33.7 Å². The molecule has 1 aromatic carbocycles. The number of aromatic amines is 1. The number of H-pyrrole nitrogens is 1. The van der Waals surface area contributed by atoms with Crippen molar-refractivity contribution in [3.8, 4) is 5.75 Å². The molecular formula is C20H21BrF3N5O3. The highest BCUT2D eigenvalue weighted by molar-refractivity contribution is 9.10. The summed E-state index contributed by atoms with van der Waals surface area (Å²) in [5.74, 6) is 0.307. The van der Waals surface area contributed by atoms with E-state index in [2.05, 4.69) is 40.9 Å². The Morgan fingerprint density at radius 2 is 2.03 bits per heavy atom. The Balaban J connectivity index is 1.58. The smallest absolute Gasteiger partial charge is 0.405 e. The molecule has 0 radical (unpaired) electrons. The van der Waals surface area contributed by atoms with E-state index in [1.165, 1.54) is 29.0 Å². The molecule has 4 rings (SSSR count). The zero-order valence-corrected chi connectivity index (χ0v) is 18.4. The second-order valence-corrected chi connectivity index (χ2v) is 8.72. The van der Waals surface area contributed by atoms with Crippen LogP contribution in [-0.2, 0) is 6.54 Å². The Morgan fingerprint density at radius 3 is 2.75 bits per heavy atom. The van der Waals surface area contributed by atoms with Crippen LogP contribution in [0.3, 0.4) is 0 Å². The number of nitrogens with one attached hydrogen (secondary N) is 2. The summed E-state index contributed by atoms with van der Waals surface area (Å²) < 4.78 is 44.3. The Kier molecular flexibility index (Phi) is 6.42. The number of benzene rings is 1. The second-order valence-electron chi connectivity index (χ2n) is 7.80. The van der Waals surface area contributed by atoms with Crippen molar-refractivity contribution in [1.29, 1.82) is 0 Å². The number of halogens is 4. The molecule has 3 aromatic rings. The first kappa shape index (κ1) is 22.6. The number of alkyl halides is 3. The van der Waals surface area contributed by atoms with Gasteiger partial charge in [0.25, 0.3) is 0 Å². The maximum absolute atomic E-state index is 12.8. The van der Waals surface area contributed by atoms with Crippen LogP contribution in [0, 0.1) is 5.92 Å². The number of fused-ring (bicyclic) bond motifs is 1. The number of ether oxygens (including phenoxy) is 1. The second kappa shape index (κ2) is 9.10. The molecule has 1 saturated carbocycles. The van der Waals surface area contributed by atoms with Gasteiger partial charge in [0.15, 0.2) is 5.65 Å². The third kappa shape index (κ3) is 5.41. The average molecular weight is 516 g/mol. The molecule has 172 valence electrons. The number of nitrogens with zero attached hydrogens (tertiary/aromatic N) is 3. The van der Waals surface area contributed by atoms with Crippen molar-refractivity contribution in [3.05, 3.63) is 44.9 Å². The first-order valence-corrected chi connectivity index (χ1v) is 10.9. The average Bonchev–Trinajstić information content (AvgIpc) is 3.03.